The molecule has 0 aliphatic rings. The number of nitrogens with two attached hydrogens (primary N) is 1. The van der Waals surface area contributed by atoms with Crippen LogP contribution in [0.2, 0.25) is 5.02 Å². The summed E-state index contributed by atoms with van der Waals surface area (Å²) < 4.78 is 23.3. The minimum absolute atomic E-state index is 0.0158. The Labute approximate surface area is 122 Å². The van der Waals surface area contributed by atoms with Crippen LogP contribution in [0.1, 0.15) is 12.8 Å². The van der Waals surface area contributed by atoms with Crippen LogP contribution in [0.4, 0.5) is 5.69 Å². The van der Waals surface area contributed by atoms with Crippen LogP contribution in [0.3, 0.4) is 0 Å². The highest BCUT2D eigenvalue weighted by molar-refractivity contribution is 7.92. The minimum Gasteiger partial charge on any atom is -0.370 e. The van der Waals surface area contributed by atoms with E-state index in [4.69, 9.17) is 17.3 Å². The summed E-state index contributed by atoms with van der Waals surface area (Å²) in [5, 5.41) is 2.97. The molecule has 0 aliphatic carbocycles. The third-order valence-corrected chi connectivity index (χ3v) is 4.22. The van der Waals surface area contributed by atoms with Crippen LogP contribution < -0.4 is 11.1 Å². The molecule has 0 saturated carbocycles. The molecule has 1 aromatic rings. The lowest BCUT2D eigenvalue weighted by molar-refractivity contribution is -0.118. The maximum absolute atomic E-state index is 11.6. The van der Waals surface area contributed by atoms with E-state index in [9.17, 15) is 18.0 Å². The summed E-state index contributed by atoms with van der Waals surface area (Å²) in [6, 6.07) is 6.30. The Hall–Kier alpha value is -1.60. The van der Waals surface area contributed by atoms with Gasteiger partial charge in [-0.1, -0.05) is 11.6 Å². The first-order valence-corrected chi connectivity index (χ1v) is 8.02. The van der Waals surface area contributed by atoms with E-state index in [-0.39, 0.29) is 18.6 Å². The smallest absolute Gasteiger partial charge is 0.239 e. The molecule has 0 aliphatic heterocycles. The summed E-state index contributed by atoms with van der Waals surface area (Å²) in [4.78, 5) is 22.1. The number of halogens is 1. The molecule has 1 aromatic carbocycles. The molecule has 6 nitrogen and oxygen atoms in total. The normalized spacial score (nSPS) is 11.1. The summed E-state index contributed by atoms with van der Waals surface area (Å²) in [6.45, 7) is 0. The number of hydrogen-bond donors (Lipinski definition) is 2. The Balaban J connectivity index is 2.48. The summed E-state index contributed by atoms with van der Waals surface area (Å²) in [5.74, 6) is -2.07. The van der Waals surface area contributed by atoms with Gasteiger partial charge in [-0.25, -0.2) is 8.42 Å². The first-order chi connectivity index (χ1) is 9.28. The Morgan fingerprint density at radius 2 is 1.80 bits per heavy atom. The van der Waals surface area contributed by atoms with E-state index < -0.39 is 27.4 Å². The van der Waals surface area contributed by atoms with Crippen LogP contribution in [-0.2, 0) is 19.4 Å². The second-order valence-corrected chi connectivity index (χ2v) is 6.84. The largest absolute Gasteiger partial charge is 0.370 e. The van der Waals surface area contributed by atoms with Crippen molar-refractivity contribution in [3.63, 3.8) is 0 Å². The van der Waals surface area contributed by atoms with E-state index in [1.54, 1.807) is 24.3 Å². The monoisotopic (exact) mass is 318 g/mol. The molecule has 2 amide bonds. The van der Waals surface area contributed by atoms with Crippen molar-refractivity contribution in [2.75, 3.05) is 16.8 Å². The standard InChI is InChI=1S/C12H15ClN2O4S/c13-9-3-5-10(6-4-9)15-12(17)8-20(18,19)7-1-2-11(14)16/h3-6H,1-2,7-8H2,(H2,14,16)(H,15,17). The molecule has 20 heavy (non-hydrogen) atoms. The number of benzene rings is 1. The second-order valence-electron chi connectivity index (χ2n) is 4.22. The Morgan fingerprint density at radius 1 is 1.20 bits per heavy atom. The van der Waals surface area contributed by atoms with E-state index >= 15 is 0 Å². The fourth-order valence-corrected chi connectivity index (χ4v) is 2.79. The molecule has 0 radical (unpaired) electrons. The SMILES string of the molecule is NC(=O)CCCS(=O)(=O)CC(=O)Nc1ccc(Cl)cc1. The van der Waals surface area contributed by atoms with Crippen molar-refractivity contribution < 1.29 is 18.0 Å². The molecule has 8 heteroatoms. The zero-order valence-electron chi connectivity index (χ0n) is 10.6. The van der Waals surface area contributed by atoms with Crippen molar-refractivity contribution in [2.45, 2.75) is 12.8 Å². The molecule has 3 N–H and O–H groups in total. The van der Waals surface area contributed by atoms with E-state index in [0.717, 1.165) is 0 Å². The minimum atomic E-state index is -3.55. The van der Waals surface area contributed by atoms with Gasteiger partial charge in [0.05, 0.1) is 5.75 Å². The third-order valence-electron chi connectivity index (χ3n) is 2.36. The zero-order chi connectivity index (χ0) is 15.2. The van der Waals surface area contributed by atoms with Gasteiger partial charge in [-0.15, -0.1) is 0 Å². The Morgan fingerprint density at radius 3 is 2.35 bits per heavy atom. The molecule has 0 fully saturated rings. The van der Waals surface area contributed by atoms with Crippen LogP contribution in [0.5, 0.6) is 0 Å². The third kappa shape index (κ3) is 6.53. The maximum atomic E-state index is 11.6. The number of sulfone groups is 1. The fourth-order valence-electron chi connectivity index (χ4n) is 1.47. The predicted molar refractivity (Wildman–Crippen MR) is 77.2 cm³/mol. The molecule has 1 rings (SSSR count). The van der Waals surface area contributed by atoms with Crippen LogP contribution in [0.15, 0.2) is 24.3 Å². The van der Waals surface area contributed by atoms with Crippen LogP contribution in [0.25, 0.3) is 0 Å². The molecular formula is C12H15ClN2O4S. The van der Waals surface area contributed by atoms with Gasteiger partial charge in [0.2, 0.25) is 11.8 Å². The van der Waals surface area contributed by atoms with E-state index in [1.807, 2.05) is 0 Å². The number of anilines is 1. The summed E-state index contributed by atoms with van der Waals surface area (Å²) in [5.41, 5.74) is 5.38. The summed E-state index contributed by atoms with van der Waals surface area (Å²) in [7, 11) is -3.55. The fraction of sp³-hybridized carbons (Fsp3) is 0.333. The molecule has 0 bridgehead atoms. The number of amides is 2. The first-order valence-electron chi connectivity index (χ1n) is 5.83. The average molecular weight is 319 g/mol. The van der Waals surface area contributed by atoms with Gasteiger partial charge in [0.1, 0.15) is 5.75 Å². The number of rotatable bonds is 7. The highest BCUT2D eigenvalue weighted by atomic mass is 35.5. The maximum Gasteiger partial charge on any atom is 0.239 e. The Kier molecular flexibility index (Phi) is 5.97. The molecule has 0 unspecified atom stereocenters. The van der Waals surface area contributed by atoms with Crippen molar-refractivity contribution in [2.24, 2.45) is 5.73 Å². The summed E-state index contributed by atoms with van der Waals surface area (Å²) in [6.07, 6.45) is 0.101. The number of carbonyl (C=O) groups is 2. The second kappa shape index (κ2) is 7.25. The van der Waals surface area contributed by atoms with Gasteiger partial charge in [-0.2, -0.15) is 0 Å². The van der Waals surface area contributed by atoms with E-state index in [0.29, 0.717) is 10.7 Å². The van der Waals surface area contributed by atoms with Crippen molar-refractivity contribution >= 4 is 38.9 Å². The van der Waals surface area contributed by atoms with Gasteiger partial charge in [0.25, 0.3) is 0 Å². The van der Waals surface area contributed by atoms with Gasteiger partial charge in [-0.05, 0) is 30.7 Å². The highest BCUT2D eigenvalue weighted by Crippen LogP contribution is 2.13. The first kappa shape index (κ1) is 16.5. The van der Waals surface area contributed by atoms with Gasteiger partial charge in [-0.3, -0.25) is 9.59 Å². The molecule has 0 spiro atoms. The van der Waals surface area contributed by atoms with Crippen molar-refractivity contribution in [1.29, 1.82) is 0 Å². The molecule has 110 valence electrons. The van der Waals surface area contributed by atoms with Crippen LogP contribution >= 0.6 is 11.6 Å². The number of carbonyl (C=O) groups excluding carboxylic acids is 2. The van der Waals surface area contributed by atoms with Gasteiger partial charge in [0, 0.05) is 17.1 Å². The summed E-state index contributed by atoms with van der Waals surface area (Å²) >= 11 is 5.69. The van der Waals surface area contributed by atoms with Crippen LogP contribution in [0, 0.1) is 0 Å². The highest BCUT2D eigenvalue weighted by Gasteiger charge is 2.16. The molecule has 0 atom stereocenters. The van der Waals surface area contributed by atoms with Crippen molar-refractivity contribution in [1.82, 2.24) is 0 Å². The van der Waals surface area contributed by atoms with E-state index in [1.165, 1.54) is 0 Å². The lowest BCUT2D eigenvalue weighted by atomic mass is 10.3. The molecule has 0 heterocycles. The lowest BCUT2D eigenvalue weighted by Crippen LogP contribution is -2.25. The van der Waals surface area contributed by atoms with Crippen molar-refractivity contribution in [3.8, 4) is 0 Å². The molecule has 0 aromatic heterocycles. The molecular weight excluding hydrogens is 304 g/mol. The molecule has 0 saturated heterocycles. The van der Waals surface area contributed by atoms with Crippen molar-refractivity contribution in [3.05, 3.63) is 29.3 Å². The van der Waals surface area contributed by atoms with Gasteiger partial charge >= 0.3 is 0 Å². The topological polar surface area (TPSA) is 106 Å². The van der Waals surface area contributed by atoms with E-state index in [2.05, 4.69) is 5.32 Å². The number of nitrogens with one attached hydrogen (secondary N) is 1. The zero-order valence-corrected chi connectivity index (χ0v) is 12.2. The average Bonchev–Trinajstić information content (AvgIpc) is 2.30. The predicted octanol–water partition coefficient (Wildman–Crippen LogP) is 0.959. The quantitative estimate of drug-likeness (QED) is 0.780. The van der Waals surface area contributed by atoms with Crippen LogP contribution in [-0.4, -0.2) is 31.7 Å². The van der Waals surface area contributed by atoms with Gasteiger partial charge in [0.15, 0.2) is 9.84 Å². The van der Waals surface area contributed by atoms with Gasteiger partial charge < -0.3 is 11.1 Å². The number of primary amides is 1. The lowest BCUT2D eigenvalue weighted by Gasteiger charge is -2.06. The number of hydrogen-bond acceptors (Lipinski definition) is 4. The Bertz CT molecular complexity index is 584.